The number of aromatic nitrogens is 3. The smallest absolute Gasteiger partial charge is 0.368 e. The van der Waals surface area contributed by atoms with Gasteiger partial charge in [0.25, 0.3) is 0 Å². The summed E-state index contributed by atoms with van der Waals surface area (Å²) in [5, 5.41) is 11.2. The first-order chi connectivity index (χ1) is 15.6. The molecule has 0 radical (unpaired) electrons. The van der Waals surface area contributed by atoms with Crippen LogP contribution >= 0.6 is 0 Å². The molecule has 1 aliphatic rings. The molecule has 1 saturated carbocycles. The number of halogens is 4. The highest BCUT2D eigenvalue weighted by atomic mass is 19.4. The molecule has 0 bridgehead atoms. The molecular formula is C23H21F4N5O. The molecule has 0 unspecified atom stereocenters. The second-order valence-corrected chi connectivity index (χ2v) is 8.45. The molecular weight excluding hydrogens is 438 g/mol. The highest BCUT2D eigenvalue weighted by Gasteiger charge is 2.46. The van der Waals surface area contributed by atoms with Crippen molar-refractivity contribution in [3.8, 4) is 11.3 Å². The van der Waals surface area contributed by atoms with Crippen LogP contribution in [-0.2, 0) is 11.6 Å². The number of nitrogens with zero attached hydrogens (tertiary/aromatic N) is 3. The van der Waals surface area contributed by atoms with Crippen molar-refractivity contribution in [2.24, 2.45) is 11.7 Å². The summed E-state index contributed by atoms with van der Waals surface area (Å²) in [5.74, 6) is -0.518. The summed E-state index contributed by atoms with van der Waals surface area (Å²) < 4.78 is 54.0. The van der Waals surface area contributed by atoms with Crippen LogP contribution in [0.5, 0.6) is 0 Å². The highest BCUT2D eigenvalue weighted by Crippen LogP contribution is 2.47. The van der Waals surface area contributed by atoms with E-state index in [0.717, 1.165) is 18.9 Å². The van der Waals surface area contributed by atoms with E-state index in [4.69, 9.17) is 5.73 Å². The molecule has 1 aromatic carbocycles. The molecule has 2 heterocycles. The normalized spacial score (nSPS) is 20.2. The highest BCUT2D eigenvalue weighted by molar-refractivity contribution is 5.94. The van der Waals surface area contributed by atoms with Crippen LogP contribution in [0.2, 0.25) is 0 Å². The summed E-state index contributed by atoms with van der Waals surface area (Å²) in [4.78, 5) is 15.7. The summed E-state index contributed by atoms with van der Waals surface area (Å²) in [7, 11) is 0. The lowest BCUT2D eigenvalue weighted by Gasteiger charge is -2.46. The fourth-order valence-electron chi connectivity index (χ4n) is 4.39. The minimum Gasteiger partial charge on any atom is -0.368 e. The van der Waals surface area contributed by atoms with Crippen molar-refractivity contribution in [2.75, 3.05) is 11.9 Å². The van der Waals surface area contributed by atoms with Gasteiger partial charge < -0.3 is 11.1 Å². The zero-order valence-electron chi connectivity index (χ0n) is 17.7. The Balaban J connectivity index is 1.55. The van der Waals surface area contributed by atoms with Crippen LogP contribution in [0.25, 0.3) is 11.3 Å². The largest absolute Gasteiger partial charge is 0.416 e. The fourth-order valence-corrected chi connectivity index (χ4v) is 4.39. The molecule has 10 heteroatoms. The number of amides is 1. The van der Waals surface area contributed by atoms with Gasteiger partial charge in [-0.25, -0.2) is 4.39 Å². The van der Waals surface area contributed by atoms with Crippen LogP contribution in [0.4, 0.5) is 23.4 Å². The van der Waals surface area contributed by atoms with Gasteiger partial charge in [-0.1, -0.05) is 6.92 Å². The predicted molar refractivity (Wildman–Crippen MR) is 114 cm³/mol. The van der Waals surface area contributed by atoms with E-state index in [1.807, 2.05) is 0 Å². The minimum atomic E-state index is -4.65. The predicted octanol–water partition coefficient (Wildman–Crippen LogP) is 4.58. The van der Waals surface area contributed by atoms with Crippen molar-refractivity contribution < 1.29 is 22.4 Å². The monoisotopic (exact) mass is 459 g/mol. The Labute approximate surface area is 187 Å². The van der Waals surface area contributed by atoms with E-state index < -0.39 is 23.1 Å². The fraction of sp³-hybridized carbons (Fsp3) is 0.304. The first-order valence-electron chi connectivity index (χ1n) is 10.3. The Morgan fingerprint density at radius 1 is 1.18 bits per heavy atom. The number of anilines is 1. The molecule has 3 N–H and O–H groups in total. The zero-order chi connectivity index (χ0) is 23.8. The van der Waals surface area contributed by atoms with Crippen molar-refractivity contribution in [3.05, 3.63) is 71.3 Å². The Kier molecular flexibility index (Phi) is 5.77. The molecule has 0 spiro atoms. The Morgan fingerprint density at radius 3 is 2.52 bits per heavy atom. The zero-order valence-corrected chi connectivity index (χ0v) is 17.7. The standard InChI is InChI=1S/C23H21F4N5O/c1-13-10-22(11-13,20-17(24)3-2-6-29-20)12-30-19-5-4-18(31-32-19)14-7-15(21(28)33)9-16(8-14)23(25,26)27/h2-9,13H,10-12H2,1H3,(H2,28,33)(H,30,32). The number of nitrogens with two attached hydrogens (primary N) is 1. The Morgan fingerprint density at radius 2 is 1.94 bits per heavy atom. The van der Waals surface area contributed by atoms with Gasteiger partial charge in [-0.15, -0.1) is 10.2 Å². The van der Waals surface area contributed by atoms with E-state index in [1.54, 1.807) is 18.3 Å². The van der Waals surface area contributed by atoms with Crippen LogP contribution < -0.4 is 11.1 Å². The molecule has 33 heavy (non-hydrogen) atoms. The van der Waals surface area contributed by atoms with Gasteiger partial charge in [0.15, 0.2) is 0 Å². The molecule has 3 aromatic rings. The van der Waals surface area contributed by atoms with E-state index in [9.17, 15) is 22.4 Å². The second-order valence-electron chi connectivity index (χ2n) is 8.45. The first-order valence-corrected chi connectivity index (χ1v) is 10.3. The Bertz CT molecular complexity index is 1170. The molecule has 1 aliphatic carbocycles. The summed E-state index contributed by atoms with van der Waals surface area (Å²) in [6.45, 7) is 2.47. The SMILES string of the molecule is CC1CC(CNc2ccc(-c3cc(C(N)=O)cc(C(F)(F)F)c3)nn2)(c2ncccc2F)C1. The summed E-state index contributed by atoms with van der Waals surface area (Å²) >= 11 is 0. The van der Waals surface area contributed by atoms with E-state index >= 15 is 0 Å². The number of rotatable bonds is 6. The number of primary amides is 1. The summed E-state index contributed by atoms with van der Waals surface area (Å²) in [6.07, 6.45) is -1.56. The number of alkyl halides is 3. The average Bonchev–Trinajstić information content (AvgIpc) is 2.76. The van der Waals surface area contributed by atoms with E-state index in [1.165, 1.54) is 18.2 Å². The van der Waals surface area contributed by atoms with E-state index in [0.29, 0.717) is 30.0 Å². The lowest BCUT2D eigenvalue weighted by molar-refractivity contribution is -0.137. The van der Waals surface area contributed by atoms with Gasteiger partial charge in [0.2, 0.25) is 5.91 Å². The number of nitrogens with one attached hydrogen (secondary N) is 1. The molecule has 4 rings (SSSR count). The summed E-state index contributed by atoms with van der Waals surface area (Å²) in [5.41, 5.74) is 4.05. The average molecular weight is 459 g/mol. The molecule has 0 saturated heterocycles. The van der Waals surface area contributed by atoms with Gasteiger partial charge in [0, 0.05) is 29.3 Å². The maximum Gasteiger partial charge on any atom is 0.416 e. The van der Waals surface area contributed by atoms with Crippen LogP contribution in [0, 0.1) is 11.7 Å². The quantitative estimate of drug-likeness (QED) is 0.527. The maximum atomic E-state index is 14.4. The minimum absolute atomic E-state index is 0.0671. The third-order valence-corrected chi connectivity index (χ3v) is 5.85. The van der Waals surface area contributed by atoms with Crippen LogP contribution in [-0.4, -0.2) is 27.6 Å². The lowest BCUT2D eigenvalue weighted by atomic mass is 9.60. The number of carbonyl (C=O) groups excluding carboxylic acids is 1. The van der Waals surface area contributed by atoms with Crippen molar-refractivity contribution >= 4 is 11.7 Å². The number of carbonyl (C=O) groups is 1. The molecule has 0 aliphatic heterocycles. The van der Waals surface area contributed by atoms with Crippen molar-refractivity contribution in [1.82, 2.24) is 15.2 Å². The number of hydrogen-bond acceptors (Lipinski definition) is 5. The van der Waals surface area contributed by atoms with Gasteiger partial charge in [-0.05, 0) is 61.2 Å². The lowest BCUT2D eigenvalue weighted by Crippen LogP contribution is -2.47. The van der Waals surface area contributed by atoms with Crippen LogP contribution in [0.1, 0.15) is 41.4 Å². The first kappa shape index (κ1) is 22.6. The number of hydrogen-bond donors (Lipinski definition) is 2. The van der Waals surface area contributed by atoms with E-state index in [-0.39, 0.29) is 22.6 Å². The summed E-state index contributed by atoms with van der Waals surface area (Å²) in [6, 6.07) is 8.82. The second kappa shape index (κ2) is 8.42. The number of benzene rings is 1. The maximum absolute atomic E-state index is 14.4. The molecule has 0 atom stereocenters. The third-order valence-electron chi connectivity index (χ3n) is 5.85. The van der Waals surface area contributed by atoms with Crippen LogP contribution in [0.3, 0.4) is 0 Å². The Hall–Kier alpha value is -3.56. The van der Waals surface area contributed by atoms with Crippen LogP contribution in [0.15, 0.2) is 48.7 Å². The van der Waals surface area contributed by atoms with Crippen molar-refractivity contribution in [2.45, 2.75) is 31.4 Å². The van der Waals surface area contributed by atoms with Crippen molar-refractivity contribution in [1.29, 1.82) is 0 Å². The third kappa shape index (κ3) is 4.64. The van der Waals surface area contributed by atoms with Gasteiger partial charge in [0.1, 0.15) is 11.6 Å². The molecule has 1 fully saturated rings. The van der Waals surface area contributed by atoms with Gasteiger partial charge in [0.05, 0.1) is 17.0 Å². The molecule has 1 amide bonds. The molecule has 6 nitrogen and oxygen atoms in total. The van der Waals surface area contributed by atoms with Gasteiger partial charge in [-0.3, -0.25) is 9.78 Å². The topological polar surface area (TPSA) is 93.8 Å². The molecule has 2 aromatic heterocycles. The van der Waals surface area contributed by atoms with E-state index in [2.05, 4.69) is 27.4 Å². The van der Waals surface area contributed by atoms with Gasteiger partial charge in [-0.2, -0.15) is 13.2 Å². The number of pyridine rings is 1. The van der Waals surface area contributed by atoms with Crippen molar-refractivity contribution in [3.63, 3.8) is 0 Å². The molecule has 172 valence electrons. The van der Waals surface area contributed by atoms with Gasteiger partial charge >= 0.3 is 6.18 Å².